The Hall–Kier alpha value is -3.53. The van der Waals surface area contributed by atoms with Crippen LogP contribution in [-0.4, -0.2) is 49.6 Å². The average molecular weight is 466 g/mol. The summed E-state index contributed by atoms with van der Waals surface area (Å²) in [5, 5.41) is 4.62. The van der Waals surface area contributed by atoms with Gasteiger partial charge in [-0.3, -0.25) is 14.2 Å². The average Bonchev–Trinajstić information content (AvgIpc) is 3.45. The number of fused-ring (bicyclic) bond motifs is 1. The zero-order valence-corrected chi connectivity index (χ0v) is 19.1. The molecule has 0 radical (unpaired) electrons. The van der Waals surface area contributed by atoms with E-state index in [1.165, 1.54) is 17.1 Å². The topological polar surface area (TPSA) is 109 Å². The van der Waals surface area contributed by atoms with Crippen molar-refractivity contribution in [3.05, 3.63) is 76.2 Å². The van der Waals surface area contributed by atoms with Crippen molar-refractivity contribution in [3.63, 3.8) is 0 Å². The molecule has 1 saturated heterocycles. The molecule has 3 aromatic heterocycles. The van der Waals surface area contributed by atoms with E-state index < -0.39 is 9.84 Å². The van der Waals surface area contributed by atoms with Crippen molar-refractivity contribution >= 4 is 26.7 Å². The van der Waals surface area contributed by atoms with Gasteiger partial charge in [0.15, 0.2) is 21.3 Å². The summed E-state index contributed by atoms with van der Waals surface area (Å²) in [6.45, 7) is 3.53. The van der Waals surface area contributed by atoms with Crippen LogP contribution in [0.3, 0.4) is 0 Å². The lowest BCUT2D eigenvalue weighted by molar-refractivity contribution is 0.0970. The van der Waals surface area contributed by atoms with E-state index in [4.69, 9.17) is 0 Å². The summed E-state index contributed by atoms with van der Waals surface area (Å²) < 4.78 is 28.7. The van der Waals surface area contributed by atoms with Gasteiger partial charge in [0, 0.05) is 23.0 Å². The van der Waals surface area contributed by atoms with Gasteiger partial charge in [-0.15, -0.1) is 0 Å². The largest absolute Gasteiger partial charge is 0.344 e. The second-order valence-electron chi connectivity index (χ2n) is 8.44. The highest BCUT2D eigenvalue weighted by atomic mass is 32.2. The SMILES string of the molecule is Cc1cc(C(=O)Cn2cnc3c(cnn3-c3ccccc3)c2=O)c(C)n1[C@H]1CCS(=O)(=O)C1. The summed E-state index contributed by atoms with van der Waals surface area (Å²) >= 11 is 0. The van der Waals surface area contributed by atoms with Crippen LogP contribution in [0.25, 0.3) is 16.7 Å². The maximum absolute atomic E-state index is 13.1. The fourth-order valence-corrected chi connectivity index (χ4v) is 6.36. The summed E-state index contributed by atoms with van der Waals surface area (Å²) in [6, 6.07) is 11.0. The second kappa shape index (κ2) is 7.80. The van der Waals surface area contributed by atoms with Gasteiger partial charge in [0.05, 0.1) is 29.9 Å². The molecule has 1 aliphatic heterocycles. The zero-order valence-electron chi connectivity index (χ0n) is 18.3. The van der Waals surface area contributed by atoms with E-state index in [2.05, 4.69) is 10.1 Å². The maximum Gasteiger partial charge on any atom is 0.264 e. The number of para-hydroxylation sites is 1. The van der Waals surface area contributed by atoms with Crippen molar-refractivity contribution < 1.29 is 13.2 Å². The monoisotopic (exact) mass is 465 g/mol. The van der Waals surface area contributed by atoms with E-state index in [1.54, 1.807) is 10.7 Å². The first-order valence-corrected chi connectivity index (χ1v) is 12.5. The molecule has 10 heteroatoms. The van der Waals surface area contributed by atoms with Crippen LogP contribution in [-0.2, 0) is 16.4 Å². The van der Waals surface area contributed by atoms with Gasteiger partial charge < -0.3 is 4.57 Å². The van der Waals surface area contributed by atoms with Crippen LogP contribution in [0.1, 0.15) is 34.2 Å². The van der Waals surface area contributed by atoms with E-state index in [0.717, 1.165) is 17.1 Å². The van der Waals surface area contributed by atoms with Gasteiger partial charge in [-0.2, -0.15) is 5.10 Å². The Morgan fingerprint density at radius 3 is 2.64 bits per heavy atom. The Morgan fingerprint density at radius 1 is 1.18 bits per heavy atom. The van der Waals surface area contributed by atoms with Crippen LogP contribution in [0.4, 0.5) is 0 Å². The van der Waals surface area contributed by atoms with Gasteiger partial charge in [0.2, 0.25) is 0 Å². The lowest BCUT2D eigenvalue weighted by atomic mass is 10.1. The zero-order chi connectivity index (χ0) is 23.3. The molecule has 0 saturated carbocycles. The van der Waals surface area contributed by atoms with Crippen LogP contribution < -0.4 is 5.56 Å². The first kappa shape index (κ1) is 21.3. The fraction of sp³-hybridized carbons (Fsp3) is 0.304. The third kappa shape index (κ3) is 3.70. The summed E-state index contributed by atoms with van der Waals surface area (Å²) in [5.41, 5.74) is 2.92. The molecule has 0 N–H and O–H groups in total. The standard InChI is InChI=1S/C23H23N5O4S/c1-15-10-19(16(2)27(15)18-8-9-33(31,32)13-18)21(29)12-26-14-24-22-20(23(26)30)11-25-28(22)17-6-4-3-5-7-17/h3-7,10-11,14,18H,8-9,12-13H2,1-2H3/t18-/m0/s1. The maximum atomic E-state index is 13.1. The van der Waals surface area contributed by atoms with Crippen molar-refractivity contribution in [1.82, 2.24) is 23.9 Å². The molecule has 0 aliphatic carbocycles. The normalized spacial score (nSPS) is 17.6. The predicted octanol–water partition coefficient (Wildman–Crippen LogP) is 2.24. The van der Waals surface area contributed by atoms with Crippen LogP contribution in [0, 0.1) is 13.8 Å². The Kier molecular flexibility index (Phi) is 5.04. The summed E-state index contributed by atoms with van der Waals surface area (Å²) in [5.74, 6) is 0.0203. The molecule has 1 aliphatic rings. The Balaban J connectivity index is 1.45. The minimum absolute atomic E-state index is 0.0858. The molecule has 0 amide bonds. The highest BCUT2D eigenvalue weighted by Crippen LogP contribution is 2.29. The molecular weight excluding hydrogens is 442 g/mol. The van der Waals surface area contributed by atoms with Gasteiger partial charge in [-0.1, -0.05) is 18.2 Å². The highest BCUT2D eigenvalue weighted by Gasteiger charge is 2.31. The third-order valence-electron chi connectivity index (χ3n) is 6.23. The lowest BCUT2D eigenvalue weighted by Crippen LogP contribution is -2.25. The predicted molar refractivity (Wildman–Crippen MR) is 124 cm³/mol. The van der Waals surface area contributed by atoms with Crippen LogP contribution in [0.2, 0.25) is 0 Å². The van der Waals surface area contributed by atoms with Crippen molar-refractivity contribution in [2.45, 2.75) is 32.9 Å². The molecule has 1 atom stereocenters. The van der Waals surface area contributed by atoms with E-state index in [9.17, 15) is 18.0 Å². The first-order valence-electron chi connectivity index (χ1n) is 10.7. The number of aromatic nitrogens is 5. The number of carbonyl (C=O) groups excluding carboxylic acids is 1. The number of carbonyl (C=O) groups is 1. The Labute approximate surface area is 190 Å². The van der Waals surface area contributed by atoms with Crippen LogP contribution >= 0.6 is 0 Å². The van der Waals surface area contributed by atoms with Crippen molar-refractivity contribution in [1.29, 1.82) is 0 Å². The van der Waals surface area contributed by atoms with E-state index in [0.29, 0.717) is 23.0 Å². The highest BCUT2D eigenvalue weighted by molar-refractivity contribution is 7.91. The molecule has 1 fully saturated rings. The number of hydrogen-bond acceptors (Lipinski definition) is 6. The molecule has 9 nitrogen and oxygen atoms in total. The molecule has 33 heavy (non-hydrogen) atoms. The van der Waals surface area contributed by atoms with Gasteiger partial charge in [0.1, 0.15) is 11.7 Å². The molecule has 4 aromatic rings. The number of ketones is 1. The summed E-state index contributed by atoms with van der Waals surface area (Å²) in [4.78, 5) is 30.5. The van der Waals surface area contributed by atoms with E-state index in [1.807, 2.05) is 48.7 Å². The molecule has 0 bridgehead atoms. The first-order chi connectivity index (χ1) is 15.7. The summed E-state index contributed by atoms with van der Waals surface area (Å²) in [7, 11) is -3.05. The number of aryl methyl sites for hydroxylation is 1. The van der Waals surface area contributed by atoms with E-state index >= 15 is 0 Å². The number of rotatable bonds is 5. The van der Waals surface area contributed by atoms with E-state index in [-0.39, 0.29) is 35.4 Å². The number of sulfone groups is 1. The van der Waals surface area contributed by atoms with Crippen molar-refractivity contribution in [3.8, 4) is 5.69 Å². The molecule has 5 rings (SSSR count). The second-order valence-corrected chi connectivity index (χ2v) is 10.7. The van der Waals surface area contributed by atoms with Crippen molar-refractivity contribution in [2.24, 2.45) is 0 Å². The molecule has 0 unspecified atom stereocenters. The molecular formula is C23H23N5O4S. The number of benzene rings is 1. The Morgan fingerprint density at radius 2 is 1.94 bits per heavy atom. The molecule has 1 aromatic carbocycles. The number of hydrogen-bond donors (Lipinski definition) is 0. The van der Waals surface area contributed by atoms with Gasteiger partial charge in [0.25, 0.3) is 5.56 Å². The Bertz CT molecular complexity index is 1550. The van der Waals surface area contributed by atoms with Crippen LogP contribution in [0.15, 0.2) is 53.7 Å². The molecule has 0 spiro atoms. The smallest absolute Gasteiger partial charge is 0.264 e. The minimum atomic E-state index is -3.05. The van der Waals surface area contributed by atoms with Gasteiger partial charge in [-0.05, 0) is 38.5 Å². The number of nitrogens with zero attached hydrogens (tertiary/aromatic N) is 5. The number of Topliss-reactive ketones (excluding diaryl/α,β-unsaturated/α-hetero) is 1. The van der Waals surface area contributed by atoms with Gasteiger partial charge in [-0.25, -0.2) is 18.1 Å². The molecule has 170 valence electrons. The fourth-order valence-electron chi connectivity index (χ4n) is 4.66. The lowest BCUT2D eigenvalue weighted by Gasteiger charge is -2.16. The molecule has 4 heterocycles. The quantitative estimate of drug-likeness (QED) is 0.418. The van der Waals surface area contributed by atoms with Crippen LogP contribution in [0.5, 0.6) is 0 Å². The third-order valence-corrected chi connectivity index (χ3v) is 7.98. The summed E-state index contributed by atoms with van der Waals surface area (Å²) in [6.07, 6.45) is 3.37. The minimum Gasteiger partial charge on any atom is -0.344 e. The van der Waals surface area contributed by atoms with Crippen molar-refractivity contribution in [2.75, 3.05) is 11.5 Å². The van der Waals surface area contributed by atoms with Gasteiger partial charge >= 0.3 is 0 Å².